The van der Waals surface area contributed by atoms with Gasteiger partial charge in [-0.25, -0.2) is 0 Å². The van der Waals surface area contributed by atoms with Crippen LogP contribution in [0.4, 0.5) is 11.4 Å². The van der Waals surface area contributed by atoms with Crippen molar-refractivity contribution in [2.24, 2.45) is 0 Å². The van der Waals surface area contributed by atoms with Crippen LogP contribution in [-0.4, -0.2) is 19.6 Å². The van der Waals surface area contributed by atoms with Crippen molar-refractivity contribution in [1.29, 1.82) is 0 Å². The van der Waals surface area contributed by atoms with Gasteiger partial charge in [-0.2, -0.15) is 0 Å². The number of amides is 1. The maximum atomic E-state index is 11.9. The fraction of sp³-hybridized carbons (Fsp3) is 0.133. The maximum absolute atomic E-state index is 11.9. The van der Waals surface area contributed by atoms with Crippen molar-refractivity contribution >= 4 is 33.2 Å². The number of methoxy groups -OCH3 is 1. The monoisotopic (exact) mass is 350 g/mol. The molecule has 0 fully saturated rings. The summed E-state index contributed by atoms with van der Waals surface area (Å²) in [6, 6.07) is 12.3. The summed E-state index contributed by atoms with van der Waals surface area (Å²) in [5, 5.41) is 2.72. The third-order valence-corrected chi connectivity index (χ3v) is 3.32. The molecule has 0 aliphatic rings. The summed E-state index contributed by atoms with van der Waals surface area (Å²) in [5.41, 5.74) is 6.89. The molecule has 3 N–H and O–H groups in total. The van der Waals surface area contributed by atoms with Crippen LogP contribution in [0.5, 0.6) is 11.5 Å². The van der Waals surface area contributed by atoms with Gasteiger partial charge in [-0.05, 0) is 52.3 Å². The van der Waals surface area contributed by atoms with Gasteiger partial charge in [0.25, 0.3) is 5.91 Å². The maximum Gasteiger partial charge on any atom is 0.262 e. The van der Waals surface area contributed by atoms with Crippen LogP contribution in [0.1, 0.15) is 0 Å². The number of rotatable bonds is 5. The van der Waals surface area contributed by atoms with Crippen LogP contribution in [0.15, 0.2) is 46.9 Å². The smallest absolute Gasteiger partial charge is 0.262 e. The second kappa shape index (κ2) is 6.99. The van der Waals surface area contributed by atoms with Gasteiger partial charge < -0.3 is 20.5 Å². The highest BCUT2D eigenvalue weighted by atomic mass is 79.9. The van der Waals surface area contributed by atoms with E-state index in [0.29, 0.717) is 22.9 Å². The number of ether oxygens (including phenoxy) is 2. The van der Waals surface area contributed by atoms with Gasteiger partial charge in [-0.3, -0.25) is 4.79 Å². The number of carbonyl (C=O) groups is 1. The lowest BCUT2D eigenvalue weighted by atomic mass is 10.3. The van der Waals surface area contributed by atoms with Crippen LogP contribution in [0.25, 0.3) is 0 Å². The predicted molar refractivity (Wildman–Crippen MR) is 85.7 cm³/mol. The van der Waals surface area contributed by atoms with Crippen molar-refractivity contribution in [3.8, 4) is 11.5 Å². The number of hydrogen-bond acceptors (Lipinski definition) is 4. The van der Waals surface area contributed by atoms with E-state index in [2.05, 4.69) is 21.2 Å². The molecule has 110 valence electrons. The first-order valence-electron chi connectivity index (χ1n) is 6.21. The van der Waals surface area contributed by atoms with Crippen LogP contribution < -0.4 is 20.5 Å². The van der Waals surface area contributed by atoms with Crippen molar-refractivity contribution in [3.05, 3.63) is 46.9 Å². The molecule has 0 heterocycles. The zero-order chi connectivity index (χ0) is 15.2. The van der Waals surface area contributed by atoms with Gasteiger partial charge in [0, 0.05) is 11.4 Å². The molecule has 1 amide bonds. The molecule has 0 atom stereocenters. The number of halogens is 1. The fourth-order valence-corrected chi connectivity index (χ4v) is 2.15. The highest BCUT2D eigenvalue weighted by molar-refractivity contribution is 9.10. The molecule has 0 spiro atoms. The van der Waals surface area contributed by atoms with E-state index in [9.17, 15) is 4.79 Å². The Morgan fingerprint density at radius 1 is 1.24 bits per heavy atom. The van der Waals surface area contributed by atoms with Gasteiger partial charge in [-0.15, -0.1) is 0 Å². The quantitative estimate of drug-likeness (QED) is 0.812. The average molecular weight is 351 g/mol. The first-order valence-corrected chi connectivity index (χ1v) is 7.00. The first-order chi connectivity index (χ1) is 10.1. The van der Waals surface area contributed by atoms with E-state index in [1.807, 2.05) is 12.1 Å². The van der Waals surface area contributed by atoms with Gasteiger partial charge in [0.05, 0.1) is 11.6 Å². The number of carbonyl (C=O) groups excluding carboxylic acids is 1. The number of nitrogens with one attached hydrogen (secondary N) is 1. The minimum atomic E-state index is -0.266. The molecule has 21 heavy (non-hydrogen) atoms. The summed E-state index contributed by atoms with van der Waals surface area (Å²) in [4.78, 5) is 11.9. The van der Waals surface area contributed by atoms with E-state index in [-0.39, 0.29) is 12.5 Å². The molecule has 0 aliphatic heterocycles. The molecule has 2 aromatic rings. The number of hydrogen-bond donors (Lipinski definition) is 2. The van der Waals surface area contributed by atoms with Gasteiger partial charge in [0.15, 0.2) is 18.1 Å². The molecule has 0 radical (unpaired) electrons. The van der Waals surface area contributed by atoms with Crippen molar-refractivity contribution in [1.82, 2.24) is 0 Å². The van der Waals surface area contributed by atoms with Crippen molar-refractivity contribution < 1.29 is 14.3 Å². The largest absolute Gasteiger partial charge is 0.493 e. The Morgan fingerprint density at radius 3 is 2.62 bits per heavy atom. The summed E-state index contributed by atoms with van der Waals surface area (Å²) in [7, 11) is 1.54. The lowest BCUT2D eigenvalue weighted by Crippen LogP contribution is -2.20. The lowest BCUT2D eigenvalue weighted by Gasteiger charge is -2.12. The van der Waals surface area contributed by atoms with Crippen LogP contribution in [0.2, 0.25) is 0 Å². The van der Waals surface area contributed by atoms with E-state index in [1.54, 1.807) is 37.4 Å². The second-order valence-electron chi connectivity index (χ2n) is 4.23. The second-order valence-corrected chi connectivity index (χ2v) is 5.08. The summed E-state index contributed by atoms with van der Waals surface area (Å²) in [5.74, 6) is 0.787. The van der Waals surface area contributed by atoms with Crippen LogP contribution in [-0.2, 0) is 4.79 Å². The topological polar surface area (TPSA) is 73.6 Å². The summed E-state index contributed by atoms with van der Waals surface area (Å²) in [6.07, 6.45) is 0. The summed E-state index contributed by atoms with van der Waals surface area (Å²) >= 11 is 3.36. The minimum absolute atomic E-state index is 0.122. The standard InChI is InChI=1S/C15H15BrN2O3/c1-20-13-4-2-3-12(16)15(13)21-9-14(19)18-11-7-5-10(17)6-8-11/h2-8H,9,17H2,1H3,(H,18,19). The van der Waals surface area contributed by atoms with E-state index in [4.69, 9.17) is 15.2 Å². The zero-order valence-corrected chi connectivity index (χ0v) is 13.0. The normalized spacial score (nSPS) is 10.0. The summed E-state index contributed by atoms with van der Waals surface area (Å²) in [6.45, 7) is -0.122. The SMILES string of the molecule is COc1cccc(Br)c1OCC(=O)Nc1ccc(N)cc1. The predicted octanol–water partition coefficient (Wildman–Crippen LogP) is 3.06. The van der Waals surface area contributed by atoms with Gasteiger partial charge >= 0.3 is 0 Å². The van der Waals surface area contributed by atoms with Crippen molar-refractivity contribution in [2.75, 3.05) is 24.8 Å². The van der Waals surface area contributed by atoms with Gasteiger partial charge in [0.2, 0.25) is 0 Å². The summed E-state index contributed by atoms with van der Waals surface area (Å²) < 4.78 is 11.4. The average Bonchev–Trinajstić information content (AvgIpc) is 2.48. The Labute approximate surface area is 131 Å². The molecule has 2 rings (SSSR count). The molecular weight excluding hydrogens is 336 g/mol. The third-order valence-electron chi connectivity index (χ3n) is 2.69. The molecule has 6 heteroatoms. The van der Waals surface area contributed by atoms with Crippen molar-refractivity contribution in [3.63, 3.8) is 0 Å². The lowest BCUT2D eigenvalue weighted by molar-refractivity contribution is -0.118. The number of nitrogens with two attached hydrogens (primary N) is 1. The number of benzene rings is 2. The van der Waals surface area contributed by atoms with E-state index < -0.39 is 0 Å². The Bertz CT molecular complexity index is 629. The first kappa shape index (κ1) is 15.2. The molecule has 2 aromatic carbocycles. The Balaban J connectivity index is 1.97. The molecule has 0 aromatic heterocycles. The highest BCUT2D eigenvalue weighted by Crippen LogP contribution is 2.34. The van der Waals surface area contributed by atoms with Crippen LogP contribution in [0, 0.1) is 0 Å². The Kier molecular flexibility index (Phi) is 5.05. The van der Waals surface area contributed by atoms with Crippen LogP contribution in [0.3, 0.4) is 0 Å². The molecule has 0 aliphatic carbocycles. The molecule has 0 bridgehead atoms. The molecule has 0 saturated carbocycles. The zero-order valence-electron chi connectivity index (χ0n) is 11.4. The minimum Gasteiger partial charge on any atom is -0.493 e. The van der Waals surface area contributed by atoms with Gasteiger partial charge in [-0.1, -0.05) is 6.07 Å². The number of anilines is 2. The fourth-order valence-electron chi connectivity index (χ4n) is 1.69. The van der Waals surface area contributed by atoms with E-state index >= 15 is 0 Å². The Morgan fingerprint density at radius 2 is 1.95 bits per heavy atom. The molecule has 0 unspecified atom stereocenters. The van der Waals surface area contributed by atoms with Crippen LogP contribution >= 0.6 is 15.9 Å². The number of para-hydroxylation sites is 1. The molecular formula is C15H15BrN2O3. The highest BCUT2D eigenvalue weighted by Gasteiger charge is 2.11. The third kappa shape index (κ3) is 4.13. The van der Waals surface area contributed by atoms with Gasteiger partial charge in [0.1, 0.15) is 0 Å². The van der Waals surface area contributed by atoms with E-state index in [1.165, 1.54) is 0 Å². The van der Waals surface area contributed by atoms with E-state index in [0.717, 1.165) is 4.47 Å². The Hall–Kier alpha value is -2.21. The number of nitrogen functional groups attached to an aromatic ring is 1. The molecule has 5 nitrogen and oxygen atoms in total. The van der Waals surface area contributed by atoms with Crippen molar-refractivity contribution in [2.45, 2.75) is 0 Å². The molecule has 0 saturated heterocycles.